The topological polar surface area (TPSA) is 52.6 Å². The van der Waals surface area contributed by atoms with Crippen molar-refractivity contribution in [3.05, 3.63) is 29.8 Å². The van der Waals surface area contributed by atoms with E-state index in [0.717, 1.165) is 6.07 Å². The fourth-order valence-corrected chi connectivity index (χ4v) is 1.09. The Kier molecular flexibility index (Phi) is 4.30. The van der Waals surface area contributed by atoms with Crippen LogP contribution < -0.4 is 4.74 Å². The van der Waals surface area contributed by atoms with Crippen molar-refractivity contribution in [2.45, 2.75) is 13.1 Å². The molecule has 4 nitrogen and oxygen atoms in total. The lowest BCUT2D eigenvalue weighted by atomic mass is 10.2. The minimum atomic E-state index is -5.12. The van der Waals surface area contributed by atoms with E-state index in [-0.39, 0.29) is 12.2 Å². The van der Waals surface area contributed by atoms with Crippen LogP contribution >= 0.6 is 0 Å². The second-order valence-electron chi connectivity index (χ2n) is 3.10. The third-order valence-corrected chi connectivity index (χ3v) is 1.82. The largest absolute Gasteiger partial charge is 0.491 e. The lowest BCUT2D eigenvalue weighted by Gasteiger charge is -2.10. The summed E-state index contributed by atoms with van der Waals surface area (Å²) in [5.41, 5.74) is -0.239. The predicted molar refractivity (Wildman–Crippen MR) is 54.1 cm³/mol. The first-order chi connectivity index (χ1) is 8.36. The molecule has 98 valence electrons. The molecule has 1 aromatic rings. The summed E-state index contributed by atoms with van der Waals surface area (Å²) in [6.45, 7) is 1.60. The quantitative estimate of drug-likeness (QED) is 0.619. The van der Waals surface area contributed by atoms with Gasteiger partial charge < -0.3 is 9.47 Å². The predicted octanol–water partition coefficient (Wildman–Crippen LogP) is 2.33. The van der Waals surface area contributed by atoms with Crippen LogP contribution in [0.4, 0.5) is 13.2 Å². The molecule has 0 spiro atoms. The lowest BCUT2D eigenvalue weighted by Crippen LogP contribution is -2.28. The van der Waals surface area contributed by atoms with Crippen LogP contribution in [0, 0.1) is 0 Å². The SMILES string of the molecule is CCOC(=O)c1ccccc1OC(=O)C(F)(F)F. The number of esters is 2. The number of halogens is 3. The summed E-state index contributed by atoms with van der Waals surface area (Å²) in [6, 6.07) is 5.03. The van der Waals surface area contributed by atoms with Crippen LogP contribution in [-0.4, -0.2) is 24.7 Å². The molecule has 0 heterocycles. The molecule has 1 rings (SSSR count). The molecular formula is C11H9F3O4. The monoisotopic (exact) mass is 262 g/mol. The Balaban J connectivity index is 2.96. The van der Waals surface area contributed by atoms with Crippen LogP contribution in [-0.2, 0) is 9.53 Å². The summed E-state index contributed by atoms with van der Waals surface area (Å²) in [5, 5.41) is 0. The molecule has 7 heteroatoms. The average Bonchev–Trinajstić information content (AvgIpc) is 2.28. The van der Waals surface area contributed by atoms with Crippen molar-refractivity contribution < 1.29 is 32.2 Å². The van der Waals surface area contributed by atoms with Gasteiger partial charge in [-0.05, 0) is 19.1 Å². The highest BCUT2D eigenvalue weighted by atomic mass is 19.4. The van der Waals surface area contributed by atoms with Gasteiger partial charge in [0, 0.05) is 0 Å². The fourth-order valence-electron chi connectivity index (χ4n) is 1.09. The fraction of sp³-hybridized carbons (Fsp3) is 0.273. The highest BCUT2D eigenvalue weighted by Gasteiger charge is 2.41. The van der Waals surface area contributed by atoms with Crippen LogP contribution in [0.3, 0.4) is 0 Å². The molecular weight excluding hydrogens is 253 g/mol. The van der Waals surface area contributed by atoms with Crippen LogP contribution in [0.25, 0.3) is 0 Å². The van der Waals surface area contributed by atoms with Crippen LogP contribution in [0.5, 0.6) is 5.75 Å². The molecule has 0 aliphatic rings. The maximum atomic E-state index is 12.0. The first-order valence-electron chi connectivity index (χ1n) is 4.91. The number of hydrogen-bond acceptors (Lipinski definition) is 4. The molecule has 1 aromatic carbocycles. The average molecular weight is 262 g/mol. The summed E-state index contributed by atoms with van der Waals surface area (Å²) in [7, 11) is 0. The van der Waals surface area contributed by atoms with E-state index in [1.807, 2.05) is 0 Å². The third kappa shape index (κ3) is 3.47. The molecule has 18 heavy (non-hydrogen) atoms. The number of carbonyl (C=O) groups is 2. The highest BCUT2D eigenvalue weighted by molar-refractivity contribution is 5.93. The van der Waals surface area contributed by atoms with Crippen LogP contribution in [0.2, 0.25) is 0 Å². The van der Waals surface area contributed by atoms with E-state index in [9.17, 15) is 22.8 Å². The lowest BCUT2D eigenvalue weighted by molar-refractivity contribution is -0.189. The van der Waals surface area contributed by atoms with Crippen molar-refractivity contribution in [1.29, 1.82) is 0 Å². The van der Waals surface area contributed by atoms with Crippen molar-refractivity contribution in [2.75, 3.05) is 6.61 Å². The zero-order valence-electron chi connectivity index (χ0n) is 9.28. The second kappa shape index (κ2) is 5.52. The van der Waals surface area contributed by atoms with Gasteiger partial charge in [-0.2, -0.15) is 13.2 Å². The number of rotatable bonds is 3. The van der Waals surface area contributed by atoms with Gasteiger partial charge in [0.15, 0.2) is 0 Å². The highest BCUT2D eigenvalue weighted by Crippen LogP contribution is 2.23. The van der Waals surface area contributed by atoms with E-state index >= 15 is 0 Å². The molecule has 0 saturated heterocycles. The van der Waals surface area contributed by atoms with E-state index < -0.39 is 23.9 Å². The smallest absolute Gasteiger partial charge is 0.462 e. The van der Waals surface area contributed by atoms with Gasteiger partial charge in [-0.3, -0.25) is 0 Å². The van der Waals surface area contributed by atoms with Crippen molar-refractivity contribution in [3.8, 4) is 5.75 Å². The summed E-state index contributed by atoms with van der Waals surface area (Å²) >= 11 is 0. The molecule has 0 aliphatic carbocycles. The molecule has 0 fully saturated rings. The number of carbonyl (C=O) groups excluding carboxylic acids is 2. The van der Waals surface area contributed by atoms with Crippen molar-refractivity contribution in [1.82, 2.24) is 0 Å². The van der Waals surface area contributed by atoms with Gasteiger partial charge in [-0.15, -0.1) is 0 Å². The van der Waals surface area contributed by atoms with E-state index in [1.165, 1.54) is 18.2 Å². The number of alkyl halides is 3. The summed E-state index contributed by atoms with van der Waals surface area (Å²) in [5.74, 6) is -3.74. The maximum absolute atomic E-state index is 12.0. The molecule has 0 radical (unpaired) electrons. The van der Waals surface area contributed by atoms with E-state index in [4.69, 9.17) is 0 Å². The van der Waals surface area contributed by atoms with E-state index in [1.54, 1.807) is 6.92 Å². The first-order valence-corrected chi connectivity index (χ1v) is 4.91. The summed E-state index contributed by atoms with van der Waals surface area (Å²) < 4.78 is 44.8. The zero-order valence-corrected chi connectivity index (χ0v) is 9.28. The minimum absolute atomic E-state index is 0.0559. The Bertz CT molecular complexity index is 454. The first kappa shape index (κ1) is 14.0. The second-order valence-corrected chi connectivity index (χ2v) is 3.10. The molecule has 0 amide bonds. The maximum Gasteiger partial charge on any atom is 0.491 e. The number of para-hydroxylation sites is 1. The van der Waals surface area contributed by atoms with E-state index in [2.05, 4.69) is 9.47 Å². The van der Waals surface area contributed by atoms with Gasteiger partial charge in [0.05, 0.1) is 6.61 Å². The van der Waals surface area contributed by atoms with Gasteiger partial charge in [0.25, 0.3) is 0 Å². The zero-order chi connectivity index (χ0) is 13.8. The van der Waals surface area contributed by atoms with Crippen molar-refractivity contribution in [3.63, 3.8) is 0 Å². The number of benzene rings is 1. The molecule has 0 aliphatic heterocycles. The molecule has 0 atom stereocenters. The molecule has 0 aromatic heterocycles. The molecule has 0 unspecified atom stereocenters. The molecule has 0 saturated carbocycles. The Morgan fingerprint density at radius 2 is 1.83 bits per heavy atom. The molecule has 0 bridgehead atoms. The van der Waals surface area contributed by atoms with Gasteiger partial charge in [-0.1, -0.05) is 12.1 Å². The summed E-state index contributed by atoms with van der Waals surface area (Å²) in [4.78, 5) is 22.1. The van der Waals surface area contributed by atoms with Gasteiger partial charge >= 0.3 is 18.1 Å². The van der Waals surface area contributed by atoms with Crippen LogP contribution in [0.15, 0.2) is 24.3 Å². The Labute approximate surface area is 100 Å². The Hall–Kier alpha value is -2.05. The van der Waals surface area contributed by atoms with E-state index in [0.29, 0.717) is 0 Å². The van der Waals surface area contributed by atoms with Crippen LogP contribution in [0.1, 0.15) is 17.3 Å². The number of hydrogen-bond donors (Lipinski definition) is 0. The van der Waals surface area contributed by atoms with Crippen molar-refractivity contribution in [2.24, 2.45) is 0 Å². The van der Waals surface area contributed by atoms with Gasteiger partial charge in [0.2, 0.25) is 0 Å². The Morgan fingerprint density at radius 1 is 1.22 bits per heavy atom. The Morgan fingerprint density at radius 3 is 2.39 bits per heavy atom. The normalized spacial score (nSPS) is 10.9. The minimum Gasteiger partial charge on any atom is -0.462 e. The van der Waals surface area contributed by atoms with Gasteiger partial charge in [-0.25, -0.2) is 9.59 Å². The summed E-state index contributed by atoms with van der Waals surface area (Å²) in [6.07, 6.45) is -5.12. The standard InChI is InChI=1S/C11H9F3O4/c1-2-17-9(15)7-5-3-4-6-8(7)18-10(16)11(12,13)14/h3-6H,2H2,1H3. The van der Waals surface area contributed by atoms with Gasteiger partial charge in [0.1, 0.15) is 11.3 Å². The number of ether oxygens (including phenoxy) is 2. The third-order valence-electron chi connectivity index (χ3n) is 1.82. The van der Waals surface area contributed by atoms with Crippen molar-refractivity contribution >= 4 is 11.9 Å². The molecule has 0 N–H and O–H groups in total.